The number of hydrogen-bond donors (Lipinski definition) is 2. The Bertz CT molecular complexity index is 1420. The van der Waals surface area contributed by atoms with Crippen molar-refractivity contribution in [1.29, 1.82) is 0 Å². The number of carbonyl (C=O) groups excluding carboxylic acids is 4. The first-order valence-electron chi connectivity index (χ1n) is 11.1. The third-order valence-corrected chi connectivity index (χ3v) is 5.38. The fourth-order valence-corrected chi connectivity index (χ4v) is 3.60. The van der Waals surface area contributed by atoms with Crippen molar-refractivity contribution in [1.82, 2.24) is 5.32 Å². The van der Waals surface area contributed by atoms with Gasteiger partial charge in [-0.2, -0.15) is 0 Å². The van der Waals surface area contributed by atoms with Gasteiger partial charge in [-0.05, 0) is 49.4 Å². The highest BCUT2D eigenvalue weighted by molar-refractivity contribution is 6.39. The van der Waals surface area contributed by atoms with Gasteiger partial charge in [0.2, 0.25) is 0 Å². The van der Waals surface area contributed by atoms with E-state index < -0.39 is 41.7 Å². The largest absolute Gasteiger partial charge is 0.493 e. The molecule has 10 heteroatoms. The van der Waals surface area contributed by atoms with E-state index in [1.165, 1.54) is 25.3 Å². The molecule has 9 nitrogen and oxygen atoms in total. The van der Waals surface area contributed by atoms with Gasteiger partial charge in [-0.3, -0.25) is 19.7 Å². The molecule has 0 unspecified atom stereocenters. The summed E-state index contributed by atoms with van der Waals surface area (Å²) in [6.07, 6.45) is 1.21. The summed E-state index contributed by atoms with van der Waals surface area (Å²) in [6.45, 7) is 1.54. The van der Waals surface area contributed by atoms with Gasteiger partial charge in [0.15, 0.2) is 18.1 Å². The quantitative estimate of drug-likeness (QED) is 0.374. The number of halogens is 1. The van der Waals surface area contributed by atoms with Crippen LogP contribution in [0.25, 0.3) is 6.08 Å². The maximum absolute atomic E-state index is 13.7. The van der Waals surface area contributed by atoms with Crippen molar-refractivity contribution < 1.29 is 33.0 Å². The summed E-state index contributed by atoms with van der Waals surface area (Å²) in [5.41, 5.74) is 1.43. The third kappa shape index (κ3) is 5.64. The Morgan fingerprint density at radius 1 is 1.05 bits per heavy atom. The van der Waals surface area contributed by atoms with Gasteiger partial charge >= 0.3 is 6.03 Å². The van der Waals surface area contributed by atoms with Gasteiger partial charge in [0, 0.05) is 11.3 Å². The van der Waals surface area contributed by atoms with Crippen molar-refractivity contribution in [2.24, 2.45) is 0 Å². The molecule has 1 aliphatic heterocycles. The Morgan fingerprint density at radius 2 is 1.78 bits per heavy atom. The van der Waals surface area contributed by atoms with E-state index in [4.69, 9.17) is 9.47 Å². The van der Waals surface area contributed by atoms with Crippen LogP contribution in [0.5, 0.6) is 11.5 Å². The predicted molar refractivity (Wildman–Crippen MR) is 134 cm³/mol. The number of para-hydroxylation sites is 1. The first kappa shape index (κ1) is 25.1. The van der Waals surface area contributed by atoms with Gasteiger partial charge in [-0.15, -0.1) is 0 Å². The van der Waals surface area contributed by atoms with Crippen LogP contribution in [-0.4, -0.2) is 37.5 Å². The highest BCUT2D eigenvalue weighted by atomic mass is 19.1. The van der Waals surface area contributed by atoms with Crippen molar-refractivity contribution >= 4 is 41.2 Å². The van der Waals surface area contributed by atoms with E-state index in [9.17, 15) is 23.6 Å². The van der Waals surface area contributed by atoms with Crippen molar-refractivity contribution in [2.75, 3.05) is 23.9 Å². The van der Waals surface area contributed by atoms with E-state index in [1.807, 2.05) is 19.1 Å². The molecule has 188 valence electrons. The monoisotopic (exact) mass is 503 g/mol. The van der Waals surface area contributed by atoms with Crippen molar-refractivity contribution in [3.63, 3.8) is 0 Å². The smallest absolute Gasteiger partial charge is 0.335 e. The second-order valence-electron chi connectivity index (χ2n) is 8.02. The molecule has 0 saturated carbocycles. The van der Waals surface area contributed by atoms with Crippen LogP contribution in [0.2, 0.25) is 0 Å². The zero-order valence-corrected chi connectivity index (χ0v) is 19.9. The summed E-state index contributed by atoms with van der Waals surface area (Å²) < 4.78 is 24.8. The van der Waals surface area contributed by atoms with E-state index in [-0.39, 0.29) is 22.7 Å². The van der Waals surface area contributed by atoms with Crippen LogP contribution in [0.4, 0.5) is 20.6 Å². The maximum Gasteiger partial charge on any atom is 0.335 e. The molecule has 0 aliphatic carbocycles. The fourth-order valence-electron chi connectivity index (χ4n) is 3.60. The SMILES string of the molecule is COc1cccc(/C=C2\C(=O)NC(=O)N(c3cccc(F)c3)C2=O)c1OCC(=O)Nc1ccc(C)cc1. The summed E-state index contributed by atoms with van der Waals surface area (Å²) in [6, 6.07) is 15.8. The number of anilines is 2. The Morgan fingerprint density at radius 3 is 2.49 bits per heavy atom. The van der Waals surface area contributed by atoms with Gasteiger partial charge < -0.3 is 14.8 Å². The molecule has 37 heavy (non-hydrogen) atoms. The molecule has 1 fully saturated rings. The van der Waals surface area contributed by atoms with Crippen LogP contribution >= 0.6 is 0 Å². The molecule has 1 heterocycles. The highest BCUT2D eigenvalue weighted by Gasteiger charge is 2.37. The minimum absolute atomic E-state index is 0.0456. The molecule has 5 amide bonds. The van der Waals surface area contributed by atoms with Crippen LogP contribution < -0.4 is 25.0 Å². The van der Waals surface area contributed by atoms with Gasteiger partial charge in [-0.1, -0.05) is 35.9 Å². The van der Waals surface area contributed by atoms with E-state index >= 15 is 0 Å². The number of hydrogen-bond acceptors (Lipinski definition) is 6. The lowest BCUT2D eigenvalue weighted by molar-refractivity contribution is -0.122. The summed E-state index contributed by atoms with van der Waals surface area (Å²) in [4.78, 5) is 51.2. The molecule has 0 aromatic heterocycles. The summed E-state index contributed by atoms with van der Waals surface area (Å²) in [5.74, 6) is -2.64. The number of barbiturate groups is 1. The van der Waals surface area contributed by atoms with E-state index in [1.54, 1.807) is 30.3 Å². The lowest BCUT2D eigenvalue weighted by Gasteiger charge is -2.26. The molecule has 4 rings (SSSR count). The zero-order chi connectivity index (χ0) is 26.5. The highest BCUT2D eigenvalue weighted by Crippen LogP contribution is 2.33. The van der Waals surface area contributed by atoms with Crippen molar-refractivity contribution in [3.05, 3.63) is 89.2 Å². The van der Waals surface area contributed by atoms with Crippen LogP contribution in [0.15, 0.2) is 72.3 Å². The van der Waals surface area contributed by atoms with Crippen molar-refractivity contribution in [2.45, 2.75) is 6.92 Å². The Kier molecular flexibility index (Phi) is 7.28. The number of amides is 5. The van der Waals surface area contributed by atoms with Crippen LogP contribution in [0.1, 0.15) is 11.1 Å². The predicted octanol–water partition coefficient (Wildman–Crippen LogP) is 3.83. The summed E-state index contributed by atoms with van der Waals surface area (Å²) in [7, 11) is 1.40. The number of urea groups is 1. The number of carbonyl (C=O) groups is 4. The Hall–Kier alpha value is -4.99. The fraction of sp³-hybridized carbons (Fsp3) is 0.111. The zero-order valence-electron chi connectivity index (χ0n) is 19.9. The molecule has 1 aliphatic rings. The van der Waals surface area contributed by atoms with Crippen LogP contribution in [0.3, 0.4) is 0 Å². The molecule has 3 aromatic rings. The maximum atomic E-state index is 13.7. The number of methoxy groups -OCH3 is 1. The van der Waals surface area contributed by atoms with Gasteiger partial charge in [-0.25, -0.2) is 14.1 Å². The van der Waals surface area contributed by atoms with E-state index in [0.29, 0.717) is 10.6 Å². The van der Waals surface area contributed by atoms with Gasteiger partial charge in [0.05, 0.1) is 12.8 Å². The second kappa shape index (κ2) is 10.7. The molecule has 3 aromatic carbocycles. The topological polar surface area (TPSA) is 114 Å². The number of ether oxygens (including phenoxy) is 2. The molecule has 2 N–H and O–H groups in total. The lowest BCUT2D eigenvalue weighted by atomic mass is 10.1. The lowest BCUT2D eigenvalue weighted by Crippen LogP contribution is -2.54. The summed E-state index contributed by atoms with van der Waals surface area (Å²) in [5, 5.41) is 4.79. The average molecular weight is 503 g/mol. The van der Waals surface area contributed by atoms with E-state index in [0.717, 1.165) is 17.7 Å². The van der Waals surface area contributed by atoms with Crippen molar-refractivity contribution in [3.8, 4) is 11.5 Å². The molecule has 0 bridgehead atoms. The van der Waals surface area contributed by atoms with Crippen LogP contribution in [-0.2, 0) is 14.4 Å². The normalized spacial score (nSPS) is 14.4. The number of nitrogens with one attached hydrogen (secondary N) is 2. The van der Waals surface area contributed by atoms with Crippen LogP contribution in [0, 0.1) is 12.7 Å². The molecule has 0 atom stereocenters. The number of nitrogens with zero attached hydrogens (tertiary/aromatic N) is 1. The standard InChI is InChI=1S/C27H22FN3O6/c1-16-9-11-19(12-10-16)29-23(32)15-37-24-17(5-3-8-22(24)36-2)13-21-25(33)30-27(35)31(26(21)34)20-7-4-6-18(28)14-20/h3-14H,15H2,1-2H3,(H,29,32)(H,30,33,35)/b21-13+. The minimum atomic E-state index is -1.01. The second-order valence-corrected chi connectivity index (χ2v) is 8.02. The Labute approximate surface area is 211 Å². The van der Waals surface area contributed by atoms with E-state index in [2.05, 4.69) is 10.6 Å². The number of imide groups is 2. The van der Waals surface area contributed by atoms with Gasteiger partial charge in [0.25, 0.3) is 17.7 Å². The number of benzene rings is 3. The number of rotatable bonds is 7. The first-order chi connectivity index (χ1) is 17.8. The minimum Gasteiger partial charge on any atom is -0.493 e. The molecular weight excluding hydrogens is 481 g/mol. The molecule has 1 saturated heterocycles. The third-order valence-electron chi connectivity index (χ3n) is 5.38. The summed E-state index contributed by atoms with van der Waals surface area (Å²) >= 11 is 0. The molecular formula is C27H22FN3O6. The molecule has 0 radical (unpaired) electrons. The molecule has 0 spiro atoms. The van der Waals surface area contributed by atoms with Gasteiger partial charge in [0.1, 0.15) is 11.4 Å². The average Bonchev–Trinajstić information content (AvgIpc) is 2.86. The first-order valence-corrected chi connectivity index (χ1v) is 11.1. The Balaban J connectivity index is 1.61. The number of aryl methyl sites for hydroxylation is 1.